The molecule has 0 radical (unpaired) electrons. The number of hydrogen-bond donors (Lipinski definition) is 2. The number of carbonyl (C=O) groups is 1. The first-order valence-electron chi connectivity index (χ1n) is 8.86. The topological polar surface area (TPSA) is 70.5 Å². The number of nitrogens with zero attached hydrogens (tertiary/aromatic N) is 2. The zero-order valence-corrected chi connectivity index (χ0v) is 14.4. The molecule has 132 valence electrons. The fraction of sp³-hybridized carbons (Fsp3) is 0.250. The van der Waals surface area contributed by atoms with Crippen molar-refractivity contribution in [3.63, 3.8) is 0 Å². The first kappa shape index (κ1) is 16.5. The molecule has 26 heavy (non-hydrogen) atoms. The maximum atomic E-state index is 12.5. The molecule has 6 heteroatoms. The molecule has 1 fully saturated rings. The van der Waals surface area contributed by atoms with E-state index in [1.807, 2.05) is 53.4 Å². The van der Waals surface area contributed by atoms with Crippen LogP contribution >= 0.6 is 0 Å². The highest BCUT2D eigenvalue weighted by Crippen LogP contribution is 2.06. The van der Waals surface area contributed by atoms with Gasteiger partial charge in [-0.15, -0.1) is 0 Å². The standard InChI is InChI=1S/C20H20N4O2/c25-19-16-8-4-5-9-17(16)21-18(22-19)14-23-10-12-24(13-11-23)20(26)15-6-2-1-3-7-15/h1-9H,10-14H2,(H,21,22,25)/p+1. The Balaban J connectivity index is 1.41. The summed E-state index contributed by atoms with van der Waals surface area (Å²) in [4.78, 5) is 35.4. The summed E-state index contributed by atoms with van der Waals surface area (Å²) in [6, 6.07) is 16.8. The molecule has 1 aliphatic heterocycles. The van der Waals surface area contributed by atoms with E-state index < -0.39 is 0 Å². The predicted molar refractivity (Wildman–Crippen MR) is 99.1 cm³/mol. The number of nitrogens with one attached hydrogen (secondary N) is 2. The molecule has 4 rings (SSSR count). The number of rotatable bonds is 3. The van der Waals surface area contributed by atoms with E-state index in [4.69, 9.17) is 0 Å². The molecule has 1 aliphatic rings. The lowest BCUT2D eigenvalue weighted by molar-refractivity contribution is -0.918. The van der Waals surface area contributed by atoms with Crippen molar-refractivity contribution in [2.45, 2.75) is 6.54 Å². The third-order valence-corrected chi connectivity index (χ3v) is 4.86. The van der Waals surface area contributed by atoms with Gasteiger partial charge in [0, 0.05) is 5.56 Å². The van der Waals surface area contributed by atoms with Gasteiger partial charge < -0.3 is 14.8 Å². The predicted octanol–water partition coefficient (Wildman–Crippen LogP) is 0.464. The average molecular weight is 349 g/mol. The summed E-state index contributed by atoms with van der Waals surface area (Å²) < 4.78 is 0. The Morgan fingerprint density at radius 3 is 2.50 bits per heavy atom. The summed E-state index contributed by atoms with van der Waals surface area (Å²) in [5.41, 5.74) is 1.36. The van der Waals surface area contributed by atoms with Gasteiger partial charge in [0.05, 0.1) is 37.1 Å². The highest BCUT2D eigenvalue weighted by Gasteiger charge is 2.25. The number of aromatic nitrogens is 2. The Morgan fingerprint density at radius 1 is 1.04 bits per heavy atom. The Bertz CT molecular complexity index is 976. The molecule has 1 saturated heterocycles. The zero-order valence-electron chi connectivity index (χ0n) is 14.4. The van der Waals surface area contributed by atoms with E-state index in [0.29, 0.717) is 30.8 Å². The van der Waals surface area contributed by atoms with Gasteiger partial charge in [0.2, 0.25) is 0 Å². The Morgan fingerprint density at radius 2 is 1.73 bits per heavy atom. The second kappa shape index (κ2) is 7.09. The SMILES string of the molecule is O=C(c1ccccc1)N1CC[NH+](Cc2nc3ccccc3c(=O)[nH]2)CC1. The number of piperazine rings is 1. The summed E-state index contributed by atoms with van der Waals surface area (Å²) in [5, 5.41) is 0.615. The minimum absolute atomic E-state index is 0.0851. The van der Waals surface area contributed by atoms with Crippen molar-refractivity contribution >= 4 is 16.8 Å². The molecule has 2 N–H and O–H groups in total. The summed E-state index contributed by atoms with van der Waals surface area (Å²) in [6.07, 6.45) is 0. The molecule has 0 atom stereocenters. The quantitative estimate of drug-likeness (QED) is 0.722. The number of quaternary nitrogens is 1. The van der Waals surface area contributed by atoms with Crippen LogP contribution in [-0.2, 0) is 6.54 Å². The van der Waals surface area contributed by atoms with Gasteiger partial charge in [-0.1, -0.05) is 30.3 Å². The van der Waals surface area contributed by atoms with Crippen molar-refractivity contribution in [3.05, 3.63) is 76.3 Å². The normalized spacial score (nSPS) is 15.3. The number of aromatic amines is 1. The lowest BCUT2D eigenvalue weighted by atomic mass is 10.2. The summed E-state index contributed by atoms with van der Waals surface area (Å²) in [6.45, 7) is 3.76. The Labute approximate surface area is 151 Å². The van der Waals surface area contributed by atoms with Crippen LogP contribution in [0.1, 0.15) is 16.2 Å². The molecule has 0 unspecified atom stereocenters. The summed E-state index contributed by atoms with van der Waals surface area (Å²) in [7, 11) is 0. The largest absolute Gasteiger partial charge is 0.327 e. The third-order valence-electron chi connectivity index (χ3n) is 4.86. The molecule has 0 spiro atoms. The maximum Gasteiger partial charge on any atom is 0.258 e. The molecule has 1 aromatic heterocycles. The molecule has 2 aromatic carbocycles. The van der Waals surface area contributed by atoms with Gasteiger partial charge >= 0.3 is 0 Å². The minimum Gasteiger partial charge on any atom is -0.327 e. The number of H-pyrrole nitrogens is 1. The number of amides is 1. The van der Waals surface area contributed by atoms with Gasteiger partial charge in [-0.05, 0) is 24.3 Å². The maximum absolute atomic E-state index is 12.5. The van der Waals surface area contributed by atoms with Crippen LogP contribution in [0.3, 0.4) is 0 Å². The van der Waals surface area contributed by atoms with Crippen molar-refractivity contribution in [2.75, 3.05) is 26.2 Å². The van der Waals surface area contributed by atoms with Crippen molar-refractivity contribution in [3.8, 4) is 0 Å². The van der Waals surface area contributed by atoms with Gasteiger partial charge in [0.15, 0.2) is 5.82 Å². The van der Waals surface area contributed by atoms with E-state index in [9.17, 15) is 9.59 Å². The number of fused-ring (bicyclic) bond motifs is 1. The summed E-state index contributed by atoms with van der Waals surface area (Å²) >= 11 is 0. The van der Waals surface area contributed by atoms with Crippen molar-refractivity contribution < 1.29 is 9.69 Å². The third kappa shape index (κ3) is 3.36. The zero-order chi connectivity index (χ0) is 17.9. The Kier molecular flexibility index (Phi) is 4.50. The van der Waals surface area contributed by atoms with Crippen LogP contribution in [0.15, 0.2) is 59.4 Å². The van der Waals surface area contributed by atoms with E-state index in [-0.39, 0.29) is 11.5 Å². The first-order valence-corrected chi connectivity index (χ1v) is 8.86. The molecule has 0 aliphatic carbocycles. The van der Waals surface area contributed by atoms with Crippen LogP contribution in [0.2, 0.25) is 0 Å². The molecule has 3 aromatic rings. The van der Waals surface area contributed by atoms with E-state index in [1.165, 1.54) is 4.90 Å². The molecule has 2 heterocycles. The molecular formula is C20H21N4O2+. The molecule has 1 amide bonds. The van der Waals surface area contributed by atoms with Crippen LogP contribution in [0.4, 0.5) is 0 Å². The van der Waals surface area contributed by atoms with Gasteiger partial charge in [-0.25, -0.2) is 4.98 Å². The van der Waals surface area contributed by atoms with Crippen LogP contribution in [-0.4, -0.2) is 47.0 Å². The van der Waals surface area contributed by atoms with Crippen LogP contribution in [0.25, 0.3) is 10.9 Å². The molecule has 6 nitrogen and oxygen atoms in total. The van der Waals surface area contributed by atoms with Crippen LogP contribution < -0.4 is 10.5 Å². The highest BCUT2D eigenvalue weighted by molar-refractivity contribution is 5.94. The van der Waals surface area contributed by atoms with E-state index in [2.05, 4.69) is 9.97 Å². The lowest BCUT2D eigenvalue weighted by Crippen LogP contribution is -3.13. The monoisotopic (exact) mass is 349 g/mol. The van der Waals surface area contributed by atoms with E-state index >= 15 is 0 Å². The lowest BCUT2D eigenvalue weighted by Gasteiger charge is -2.32. The number of hydrogen-bond acceptors (Lipinski definition) is 3. The van der Waals surface area contributed by atoms with E-state index in [1.54, 1.807) is 6.07 Å². The second-order valence-electron chi connectivity index (χ2n) is 6.61. The smallest absolute Gasteiger partial charge is 0.258 e. The number of carbonyl (C=O) groups excluding carboxylic acids is 1. The van der Waals surface area contributed by atoms with Crippen molar-refractivity contribution in [1.82, 2.24) is 14.9 Å². The molecule has 0 bridgehead atoms. The minimum atomic E-state index is -0.0945. The Hall–Kier alpha value is -2.99. The fourth-order valence-electron chi connectivity index (χ4n) is 3.42. The van der Waals surface area contributed by atoms with Crippen molar-refractivity contribution in [1.29, 1.82) is 0 Å². The fourth-order valence-corrected chi connectivity index (χ4v) is 3.42. The second-order valence-corrected chi connectivity index (χ2v) is 6.61. The van der Waals surface area contributed by atoms with Gasteiger partial charge in [-0.3, -0.25) is 9.59 Å². The number of benzene rings is 2. The summed E-state index contributed by atoms with van der Waals surface area (Å²) in [5.74, 6) is 0.786. The average Bonchev–Trinajstić information content (AvgIpc) is 2.69. The van der Waals surface area contributed by atoms with E-state index in [0.717, 1.165) is 24.2 Å². The van der Waals surface area contributed by atoms with Gasteiger partial charge in [-0.2, -0.15) is 0 Å². The van der Waals surface area contributed by atoms with Crippen molar-refractivity contribution in [2.24, 2.45) is 0 Å². The van der Waals surface area contributed by atoms with Gasteiger partial charge in [0.1, 0.15) is 6.54 Å². The first-order chi connectivity index (χ1) is 12.7. The van der Waals surface area contributed by atoms with Gasteiger partial charge in [0.25, 0.3) is 11.5 Å². The number of para-hydroxylation sites is 1. The van der Waals surface area contributed by atoms with Crippen LogP contribution in [0.5, 0.6) is 0 Å². The highest BCUT2D eigenvalue weighted by atomic mass is 16.2. The molecule has 0 saturated carbocycles. The molecular weight excluding hydrogens is 328 g/mol. The van der Waals surface area contributed by atoms with Crippen LogP contribution in [0, 0.1) is 0 Å².